The van der Waals surface area contributed by atoms with Crippen molar-refractivity contribution in [2.45, 2.75) is 37.1 Å². The Labute approximate surface area is 157 Å². The molecule has 0 saturated carbocycles. The van der Waals surface area contributed by atoms with Crippen molar-refractivity contribution < 1.29 is 12.8 Å². The van der Waals surface area contributed by atoms with Crippen LogP contribution in [0.2, 0.25) is 0 Å². The summed E-state index contributed by atoms with van der Waals surface area (Å²) in [6.45, 7) is 4.78. The van der Waals surface area contributed by atoms with Gasteiger partial charge in [0.15, 0.2) is 0 Å². The fourth-order valence-electron chi connectivity index (χ4n) is 3.74. The summed E-state index contributed by atoms with van der Waals surface area (Å²) in [7, 11) is -3.86. The van der Waals surface area contributed by atoms with Gasteiger partial charge in [-0.15, -0.1) is 0 Å². The fraction of sp³-hybridized carbons (Fsp3) is 0.368. The standard InChI is InChI=1S/C19H21FN4O2S/c1-13(2)24-17-11-21-9-7-16(17)22-19(24)14-8-10-23(12-14)27(25,26)18-6-4-3-5-15(18)20/h3-7,9,11,13-14H,8,10,12H2,1-2H3/t14-/m0/s1. The lowest BCUT2D eigenvalue weighted by Gasteiger charge is -2.19. The van der Waals surface area contributed by atoms with Crippen LogP contribution in [0.1, 0.15) is 38.1 Å². The predicted octanol–water partition coefficient (Wildman–Crippen LogP) is 3.33. The van der Waals surface area contributed by atoms with Gasteiger partial charge in [-0.2, -0.15) is 4.31 Å². The minimum absolute atomic E-state index is 0.0404. The monoisotopic (exact) mass is 388 g/mol. The normalized spacial score (nSPS) is 18.6. The van der Waals surface area contributed by atoms with E-state index in [1.54, 1.807) is 12.4 Å². The van der Waals surface area contributed by atoms with Crippen LogP contribution in [-0.4, -0.2) is 40.3 Å². The highest BCUT2D eigenvalue weighted by molar-refractivity contribution is 7.89. The van der Waals surface area contributed by atoms with Gasteiger partial charge in [0.25, 0.3) is 0 Å². The summed E-state index contributed by atoms with van der Waals surface area (Å²) < 4.78 is 43.3. The molecular formula is C19H21FN4O2S. The first kappa shape index (κ1) is 18.1. The van der Waals surface area contributed by atoms with Crippen LogP contribution >= 0.6 is 0 Å². The molecule has 1 aromatic carbocycles. The molecule has 1 saturated heterocycles. The lowest BCUT2D eigenvalue weighted by Crippen LogP contribution is -2.29. The summed E-state index contributed by atoms with van der Waals surface area (Å²) in [5, 5.41) is 0. The van der Waals surface area contributed by atoms with Crippen molar-refractivity contribution >= 4 is 21.1 Å². The SMILES string of the molecule is CC(C)n1c([C@H]2CCN(S(=O)(=O)c3ccccc3F)C2)nc2ccncc21. The minimum Gasteiger partial charge on any atom is -0.324 e. The highest BCUT2D eigenvalue weighted by Crippen LogP contribution is 2.34. The fourth-order valence-corrected chi connectivity index (χ4v) is 5.31. The van der Waals surface area contributed by atoms with E-state index in [0.717, 1.165) is 16.9 Å². The van der Waals surface area contributed by atoms with Crippen LogP contribution in [0.3, 0.4) is 0 Å². The van der Waals surface area contributed by atoms with E-state index < -0.39 is 15.8 Å². The topological polar surface area (TPSA) is 68.1 Å². The van der Waals surface area contributed by atoms with Crippen molar-refractivity contribution in [2.24, 2.45) is 0 Å². The van der Waals surface area contributed by atoms with Crippen molar-refractivity contribution in [3.8, 4) is 0 Å². The van der Waals surface area contributed by atoms with E-state index in [9.17, 15) is 12.8 Å². The van der Waals surface area contributed by atoms with Gasteiger partial charge in [0.2, 0.25) is 10.0 Å². The van der Waals surface area contributed by atoms with Gasteiger partial charge in [-0.05, 0) is 38.5 Å². The molecule has 0 radical (unpaired) electrons. The van der Waals surface area contributed by atoms with Gasteiger partial charge in [0.1, 0.15) is 16.5 Å². The minimum atomic E-state index is -3.86. The van der Waals surface area contributed by atoms with E-state index in [1.807, 2.05) is 6.07 Å². The van der Waals surface area contributed by atoms with E-state index >= 15 is 0 Å². The van der Waals surface area contributed by atoms with Crippen LogP contribution in [0.4, 0.5) is 4.39 Å². The first-order valence-electron chi connectivity index (χ1n) is 8.96. The van der Waals surface area contributed by atoms with Gasteiger partial charge in [-0.1, -0.05) is 12.1 Å². The van der Waals surface area contributed by atoms with E-state index in [2.05, 4.69) is 23.4 Å². The maximum atomic E-state index is 14.0. The molecule has 0 unspecified atom stereocenters. The molecule has 1 aliphatic rings. The van der Waals surface area contributed by atoms with Crippen LogP contribution in [0.25, 0.3) is 11.0 Å². The molecule has 3 heterocycles. The van der Waals surface area contributed by atoms with Crippen molar-refractivity contribution in [2.75, 3.05) is 13.1 Å². The Morgan fingerprint density at radius 2 is 2.00 bits per heavy atom. The predicted molar refractivity (Wildman–Crippen MR) is 100 cm³/mol. The Bertz CT molecular complexity index is 1090. The number of hydrogen-bond acceptors (Lipinski definition) is 4. The number of sulfonamides is 1. The third-order valence-corrected chi connectivity index (χ3v) is 6.90. The number of hydrogen-bond donors (Lipinski definition) is 0. The molecule has 2 aromatic heterocycles. The number of fused-ring (bicyclic) bond motifs is 1. The van der Waals surface area contributed by atoms with Gasteiger partial charge >= 0.3 is 0 Å². The Morgan fingerprint density at radius 3 is 2.74 bits per heavy atom. The molecule has 1 aliphatic heterocycles. The Balaban J connectivity index is 1.69. The molecule has 3 aromatic rings. The molecule has 1 atom stereocenters. The number of nitrogens with zero attached hydrogens (tertiary/aromatic N) is 4. The first-order chi connectivity index (χ1) is 12.9. The van der Waals surface area contributed by atoms with Crippen LogP contribution in [-0.2, 0) is 10.0 Å². The summed E-state index contributed by atoms with van der Waals surface area (Å²) in [5.74, 6) is 0.0991. The van der Waals surface area contributed by atoms with Gasteiger partial charge in [0, 0.05) is 31.2 Å². The lowest BCUT2D eigenvalue weighted by molar-refractivity contribution is 0.460. The maximum absolute atomic E-state index is 14.0. The number of rotatable bonds is 4. The average Bonchev–Trinajstić information content (AvgIpc) is 3.27. The molecule has 142 valence electrons. The third kappa shape index (κ3) is 3.02. The van der Waals surface area contributed by atoms with Crippen LogP contribution in [0, 0.1) is 5.82 Å². The molecule has 0 spiro atoms. The van der Waals surface area contributed by atoms with Gasteiger partial charge in [-0.3, -0.25) is 4.98 Å². The zero-order chi connectivity index (χ0) is 19.2. The Morgan fingerprint density at radius 1 is 1.22 bits per heavy atom. The molecule has 1 fully saturated rings. The molecular weight excluding hydrogens is 367 g/mol. The van der Waals surface area contributed by atoms with Crippen molar-refractivity contribution in [3.05, 3.63) is 54.4 Å². The van der Waals surface area contributed by atoms with E-state index in [4.69, 9.17) is 4.98 Å². The molecule has 0 aliphatic carbocycles. The highest BCUT2D eigenvalue weighted by Gasteiger charge is 2.36. The van der Waals surface area contributed by atoms with E-state index in [-0.39, 0.29) is 16.9 Å². The quantitative estimate of drug-likeness (QED) is 0.688. The zero-order valence-corrected chi connectivity index (χ0v) is 16.0. The van der Waals surface area contributed by atoms with Crippen LogP contribution < -0.4 is 0 Å². The summed E-state index contributed by atoms with van der Waals surface area (Å²) >= 11 is 0. The highest BCUT2D eigenvalue weighted by atomic mass is 32.2. The largest absolute Gasteiger partial charge is 0.324 e. The second-order valence-electron chi connectivity index (χ2n) is 7.08. The van der Waals surface area contributed by atoms with Crippen LogP contribution in [0.15, 0.2) is 47.6 Å². The summed E-state index contributed by atoms with van der Waals surface area (Å²) in [6, 6.07) is 7.54. The lowest BCUT2D eigenvalue weighted by atomic mass is 10.1. The van der Waals surface area contributed by atoms with E-state index in [0.29, 0.717) is 19.5 Å². The number of pyridine rings is 1. The first-order valence-corrected chi connectivity index (χ1v) is 10.4. The molecule has 0 N–H and O–H groups in total. The molecule has 8 heteroatoms. The number of aromatic nitrogens is 3. The second-order valence-corrected chi connectivity index (χ2v) is 8.98. The molecule has 27 heavy (non-hydrogen) atoms. The second kappa shape index (κ2) is 6.69. The number of halogens is 1. The van der Waals surface area contributed by atoms with E-state index in [1.165, 1.54) is 28.6 Å². The molecule has 6 nitrogen and oxygen atoms in total. The van der Waals surface area contributed by atoms with Crippen LogP contribution in [0.5, 0.6) is 0 Å². The number of benzene rings is 1. The van der Waals surface area contributed by atoms with Gasteiger partial charge in [-0.25, -0.2) is 17.8 Å². The Hall–Kier alpha value is -2.32. The van der Waals surface area contributed by atoms with Crippen molar-refractivity contribution in [3.63, 3.8) is 0 Å². The van der Waals surface area contributed by atoms with Gasteiger partial charge < -0.3 is 4.57 Å². The smallest absolute Gasteiger partial charge is 0.246 e. The van der Waals surface area contributed by atoms with Crippen molar-refractivity contribution in [1.29, 1.82) is 0 Å². The third-order valence-electron chi connectivity index (χ3n) is 5.01. The molecule has 4 rings (SSSR count). The Kier molecular flexibility index (Phi) is 4.47. The summed E-state index contributed by atoms with van der Waals surface area (Å²) in [6.07, 6.45) is 4.14. The summed E-state index contributed by atoms with van der Waals surface area (Å²) in [5.41, 5.74) is 1.79. The van der Waals surface area contributed by atoms with Crippen molar-refractivity contribution in [1.82, 2.24) is 18.8 Å². The molecule has 0 amide bonds. The average molecular weight is 388 g/mol. The van der Waals surface area contributed by atoms with Gasteiger partial charge in [0.05, 0.1) is 17.2 Å². The summed E-state index contributed by atoms with van der Waals surface area (Å²) in [4.78, 5) is 8.67. The maximum Gasteiger partial charge on any atom is 0.246 e. The number of imidazole rings is 1. The zero-order valence-electron chi connectivity index (χ0n) is 15.2. The molecule has 0 bridgehead atoms.